The third-order valence-electron chi connectivity index (χ3n) is 3.83. The van der Waals surface area contributed by atoms with E-state index in [9.17, 15) is 44.3 Å². The summed E-state index contributed by atoms with van der Waals surface area (Å²) in [4.78, 5) is 54.4. The first kappa shape index (κ1) is 22.3. The molecule has 6 atom stereocenters. The number of aliphatic hydroxyl groups is 6. The number of aliphatic hydroxyl groups excluding tert-OH is 3. The van der Waals surface area contributed by atoms with Crippen LogP contribution in [0.5, 0.6) is 0 Å². The largest absolute Gasteiger partial charge is 0.386 e. The van der Waals surface area contributed by atoms with Gasteiger partial charge in [0, 0.05) is 0 Å². The van der Waals surface area contributed by atoms with Crippen molar-refractivity contribution in [1.29, 1.82) is 0 Å². The molecule has 0 saturated heterocycles. The van der Waals surface area contributed by atoms with Crippen molar-refractivity contribution in [2.75, 3.05) is 0 Å². The van der Waals surface area contributed by atoms with E-state index in [0.717, 1.165) is 0 Å². The van der Waals surface area contributed by atoms with Gasteiger partial charge in [-0.3, -0.25) is 13.7 Å². The molecule has 1 rings (SSSR count). The smallest absolute Gasteiger partial charge is 0.363 e. The van der Waals surface area contributed by atoms with Crippen LogP contribution >= 0.6 is 22.8 Å². The average molecular weight is 420 g/mol. The van der Waals surface area contributed by atoms with E-state index < -0.39 is 57.1 Å². The van der Waals surface area contributed by atoms with Gasteiger partial charge in [-0.25, -0.2) is 0 Å². The van der Waals surface area contributed by atoms with Crippen LogP contribution in [0.25, 0.3) is 0 Å². The Kier molecular flexibility index (Phi) is 5.19. The van der Waals surface area contributed by atoms with Gasteiger partial charge in [-0.05, 0) is 0 Å². The first-order valence-electron chi connectivity index (χ1n) is 5.60. The molecule has 24 heavy (non-hydrogen) atoms. The molecule has 12 N–H and O–H groups in total. The Bertz CT molecular complexity index is 660. The van der Waals surface area contributed by atoms with Crippen molar-refractivity contribution in [3.05, 3.63) is 0 Å². The molecule has 0 spiro atoms. The lowest BCUT2D eigenvalue weighted by molar-refractivity contribution is -0.280. The highest BCUT2D eigenvalue weighted by molar-refractivity contribution is 7.58. The van der Waals surface area contributed by atoms with Crippen LogP contribution in [0.1, 0.15) is 0 Å². The fourth-order valence-corrected chi connectivity index (χ4v) is 6.41. The van der Waals surface area contributed by atoms with Crippen molar-refractivity contribution in [1.82, 2.24) is 0 Å². The van der Waals surface area contributed by atoms with Crippen LogP contribution < -0.4 is 0 Å². The average Bonchev–Trinajstić information content (AvgIpc) is 2.36. The van der Waals surface area contributed by atoms with Crippen molar-refractivity contribution in [3.63, 3.8) is 0 Å². The van der Waals surface area contributed by atoms with Crippen LogP contribution in [0.2, 0.25) is 0 Å². The monoisotopic (exact) mass is 420 g/mol. The molecule has 1 aliphatic carbocycles. The highest BCUT2D eigenvalue weighted by atomic mass is 31.2. The Balaban J connectivity index is 4.01. The molecule has 0 amide bonds. The molecule has 0 aromatic carbocycles. The Labute approximate surface area is 131 Å². The molecule has 0 bridgehead atoms. The van der Waals surface area contributed by atoms with E-state index in [-0.39, 0.29) is 0 Å². The Morgan fingerprint density at radius 1 is 0.583 bits per heavy atom. The SMILES string of the molecule is O=P(O)(O)[C@@]1(O)[C@H](O)[C@@H](O)[C@](O)(P(=O)(O)O)[C@@](O)(P(=O)(O)O)[C@H]1O. The zero-order valence-electron chi connectivity index (χ0n) is 11.2. The van der Waals surface area contributed by atoms with Crippen LogP contribution in [-0.2, 0) is 13.7 Å². The molecular formula is C6H15O15P3. The highest BCUT2D eigenvalue weighted by Gasteiger charge is 2.86. The molecule has 0 aromatic heterocycles. The predicted molar refractivity (Wildman–Crippen MR) is 69.0 cm³/mol. The van der Waals surface area contributed by atoms with Crippen molar-refractivity contribution < 1.29 is 73.7 Å². The molecule has 0 aliphatic heterocycles. The van der Waals surface area contributed by atoms with Crippen molar-refractivity contribution in [2.45, 2.75) is 34.3 Å². The molecule has 144 valence electrons. The lowest BCUT2D eigenvalue weighted by atomic mass is 9.83. The first-order chi connectivity index (χ1) is 10.2. The molecule has 15 nitrogen and oxygen atoms in total. The van der Waals surface area contributed by atoms with Gasteiger partial charge in [-0.15, -0.1) is 0 Å². The number of rotatable bonds is 3. The molecular weight excluding hydrogens is 405 g/mol. The standard InChI is InChI=1S/C6H15O15P3/c7-1-2(8)5(11,23(16,17)18)6(12,24(19,20)21)3(9)4(1,10)22(13,14)15/h1-3,7-12H,(H2,13,14,15)(H2,16,17,18)(H2,19,20,21)/t1-,2-,3+,4+,5+,6+/m1/s1. The van der Waals surface area contributed by atoms with Crippen LogP contribution in [0.3, 0.4) is 0 Å². The third kappa shape index (κ3) is 2.42. The Morgan fingerprint density at radius 2 is 0.917 bits per heavy atom. The Morgan fingerprint density at radius 3 is 1.17 bits per heavy atom. The predicted octanol–water partition coefficient (Wildman–Crippen LogP) is -5.32. The van der Waals surface area contributed by atoms with Gasteiger partial charge in [-0.2, -0.15) is 0 Å². The van der Waals surface area contributed by atoms with Gasteiger partial charge in [0.1, 0.15) is 18.3 Å². The van der Waals surface area contributed by atoms with E-state index in [1.165, 1.54) is 0 Å². The molecule has 0 heterocycles. The summed E-state index contributed by atoms with van der Waals surface area (Å²) in [6.07, 6.45) is -11.0. The Hall–Kier alpha value is 0.210. The van der Waals surface area contributed by atoms with E-state index in [0.29, 0.717) is 0 Å². The zero-order chi connectivity index (χ0) is 19.7. The number of hydrogen-bond acceptors (Lipinski definition) is 9. The molecule has 18 heteroatoms. The molecule has 0 radical (unpaired) electrons. The molecule has 0 aromatic rings. The topological polar surface area (TPSA) is 294 Å². The zero-order valence-corrected chi connectivity index (χ0v) is 13.8. The van der Waals surface area contributed by atoms with Crippen LogP contribution in [0.4, 0.5) is 0 Å². The van der Waals surface area contributed by atoms with E-state index >= 15 is 0 Å². The number of hydrogen-bond donors (Lipinski definition) is 12. The van der Waals surface area contributed by atoms with Gasteiger partial charge < -0.3 is 60.0 Å². The molecule has 1 fully saturated rings. The maximum atomic E-state index is 11.5. The van der Waals surface area contributed by atoms with Gasteiger partial charge in [0.2, 0.25) is 16.0 Å². The maximum absolute atomic E-state index is 11.5. The first-order valence-corrected chi connectivity index (χ1v) is 10.4. The quantitative estimate of drug-likeness (QED) is 0.190. The van der Waals surface area contributed by atoms with Crippen LogP contribution in [-0.4, -0.2) is 94.3 Å². The van der Waals surface area contributed by atoms with Gasteiger partial charge in [0.05, 0.1) is 0 Å². The van der Waals surface area contributed by atoms with Crippen molar-refractivity contribution in [2.24, 2.45) is 0 Å². The molecule has 1 aliphatic rings. The fourth-order valence-electron chi connectivity index (χ4n) is 2.42. The summed E-state index contributed by atoms with van der Waals surface area (Å²) in [7, 11) is -19.2. The van der Waals surface area contributed by atoms with Crippen LogP contribution in [0, 0.1) is 0 Å². The summed E-state index contributed by atoms with van der Waals surface area (Å²) in [6.45, 7) is 0. The lowest BCUT2D eigenvalue weighted by Gasteiger charge is -2.57. The van der Waals surface area contributed by atoms with Gasteiger partial charge >= 0.3 is 22.8 Å². The summed E-state index contributed by atoms with van der Waals surface area (Å²) < 4.78 is 34.2. The van der Waals surface area contributed by atoms with E-state index in [1.54, 1.807) is 0 Å². The van der Waals surface area contributed by atoms with Crippen molar-refractivity contribution in [3.8, 4) is 0 Å². The second-order valence-electron chi connectivity index (χ2n) is 5.16. The minimum atomic E-state index is -6.55. The van der Waals surface area contributed by atoms with Gasteiger partial charge in [0.25, 0.3) is 0 Å². The summed E-state index contributed by atoms with van der Waals surface area (Å²) in [5.41, 5.74) is 0. The second-order valence-corrected chi connectivity index (χ2v) is 10.5. The van der Waals surface area contributed by atoms with Crippen molar-refractivity contribution >= 4 is 22.8 Å². The molecule has 1 saturated carbocycles. The van der Waals surface area contributed by atoms with Crippen LogP contribution in [0.15, 0.2) is 0 Å². The van der Waals surface area contributed by atoms with E-state index in [4.69, 9.17) is 29.4 Å². The van der Waals surface area contributed by atoms with E-state index in [2.05, 4.69) is 0 Å². The summed E-state index contributed by atoms with van der Waals surface area (Å²) in [6, 6.07) is 0. The van der Waals surface area contributed by atoms with E-state index in [1.807, 2.05) is 0 Å². The fraction of sp³-hybridized carbons (Fsp3) is 1.00. The summed E-state index contributed by atoms with van der Waals surface area (Å²) >= 11 is 0. The highest BCUT2D eigenvalue weighted by Crippen LogP contribution is 2.74. The normalized spacial score (nSPS) is 45.2. The minimum Gasteiger partial charge on any atom is -0.386 e. The minimum absolute atomic E-state index is 3.45. The summed E-state index contributed by atoms with van der Waals surface area (Å²) in [5.74, 6) is 0. The lowest BCUT2D eigenvalue weighted by Crippen LogP contribution is -2.80. The van der Waals surface area contributed by atoms with Gasteiger partial charge in [0.15, 0.2) is 0 Å². The maximum Gasteiger partial charge on any atom is 0.363 e. The van der Waals surface area contributed by atoms with Gasteiger partial charge in [-0.1, -0.05) is 0 Å². The molecule has 0 unspecified atom stereocenters. The summed E-state index contributed by atoms with van der Waals surface area (Å²) in [5, 5.41) is 44.7. The third-order valence-corrected chi connectivity index (χ3v) is 8.41. The second kappa shape index (κ2) is 5.60.